The Bertz CT molecular complexity index is 639. The molecule has 20 heavy (non-hydrogen) atoms. The Balaban J connectivity index is 2.13. The van der Waals surface area contributed by atoms with Crippen molar-refractivity contribution < 1.29 is 9.59 Å². The molecular formula is C15H13BrN2O2. The van der Waals surface area contributed by atoms with E-state index in [4.69, 9.17) is 0 Å². The van der Waals surface area contributed by atoms with Crippen LogP contribution < -0.4 is 10.6 Å². The van der Waals surface area contributed by atoms with Crippen LogP contribution in [0.1, 0.15) is 20.7 Å². The number of anilines is 1. The van der Waals surface area contributed by atoms with Crippen LogP contribution in [0.2, 0.25) is 0 Å². The lowest BCUT2D eigenvalue weighted by Crippen LogP contribution is -2.18. The Morgan fingerprint density at radius 2 is 1.60 bits per heavy atom. The third-order valence-corrected chi connectivity index (χ3v) is 3.44. The highest BCUT2D eigenvalue weighted by molar-refractivity contribution is 9.10. The molecule has 2 aromatic carbocycles. The summed E-state index contributed by atoms with van der Waals surface area (Å²) in [5, 5.41) is 5.32. The number of rotatable bonds is 3. The summed E-state index contributed by atoms with van der Waals surface area (Å²) < 4.78 is 0.736. The smallest absolute Gasteiger partial charge is 0.256 e. The molecule has 0 spiro atoms. The van der Waals surface area contributed by atoms with E-state index >= 15 is 0 Å². The Hall–Kier alpha value is -2.14. The molecule has 2 amide bonds. The highest BCUT2D eigenvalue weighted by Gasteiger charge is 2.09. The van der Waals surface area contributed by atoms with Gasteiger partial charge in [-0.1, -0.05) is 12.1 Å². The van der Waals surface area contributed by atoms with Gasteiger partial charge in [0.05, 0.1) is 5.56 Å². The van der Waals surface area contributed by atoms with Crippen molar-refractivity contribution in [1.29, 1.82) is 0 Å². The van der Waals surface area contributed by atoms with E-state index in [-0.39, 0.29) is 11.8 Å². The van der Waals surface area contributed by atoms with Crippen LogP contribution in [0.5, 0.6) is 0 Å². The van der Waals surface area contributed by atoms with Crippen LogP contribution >= 0.6 is 15.9 Å². The maximum Gasteiger partial charge on any atom is 0.256 e. The van der Waals surface area contributed by atoms with Gasteiger partial charge in [-0.05, 0) is 52.3 Å². The predicted molar refractivity (Wildman–Crippen MR) is 81.9 cm³/mol. The minimum absolute atomic E-state index is 0.159. The molecule has 0 aliphatic carbocycles. The van der Waals surface area contributed by atoms with Crippen molar-refractivity contribution in [2.75, 3.05) is 12.4 Å². The lowest BCUT2D eigenvalue weighted by Gasteiger charge is -2.07. The molecule has 0 unspecified atom stereocenters. The number of nitrogens with one attached hydrogen (secondary N) is 2. The van der Waals surface area contributed by atoms with Gasteiger partial charge in [-0.15, -0.1) is 0 Å². The minimum Gasteiger partial charge on any atom is -0.355 e. The molecule has 0 heterocycles. The summed E-state index contributed by atoms with van der Waals surface area (Å²) in [4.78, 5) is 23.5. The number of benzene rings is 2. The molecule has 2 aromatic rings. The second-order valence-electron chi connectivity index (χ2n) is 4.09. The molecule has 0 saturated carbocycles. The molecule has 0 fully saturated rings. The van der Waals surface area contributed by atoms with Gasteiger partial charge >= 0.3 is 0 Å². The largest absolute Gasteiger partial charge is 0.355 e. The fourth-order valence-corrected chi connectivity index (χ4v) is 2.16. The molecule has 2 N–H and O–H groups in total. The van der Waals surface area contributed by atoms with Crippen LogP contribution in [0.4, 0.5) is 5.69 Å². The SMILES string of the molecule is CNC(=O)c1ccc(NC(=O)c2ccccc2Br)cc1. The van der Waals surface area contributed by atoms with E-state index in [0.29, 0.717) is 16.8 Å². The summed E-state index contributed by atoms with van der Waals surface area (Å²) in [7, 11) is 1.57. The number of halogens is 1. The number of carbonyl (C=O) groups excluding carboxylic acids is 2. The maximum atomic E-state index is 12.1. The van der Waals surface area contributed by atoms with Crippen molar-refractivity contribution in [2.24, 2.45) is 0 Å². The van der Waals surface area contributed by atoms with Gasteiger partial charge in [-0.25, -0.2) is 0 Å². The fraction of sp³-hybridized carbons (Fsp3) is 0.0667. The lowest BCUT2D eigenvalue weighted by atomic mass is 10.1. The molecule has 102 valence electrons. The maximum absolute atomic E-state index is 12.1. The minimum atomic E-state index is -0.204. The van der Waals surface area contributed by atoms with Crippen molar-refractivity contribution >= 4 is 33.4 Å². The summed E-state index contributed by atoms with van der Waals surface area (Å²) in [6.07, 6.45) is 0. The van der Waals surface area contributed by atoms with Gasteiger partial charge in [-0.3, -0.25) is 9.59 Å². The highest BCUT2D eigenvalue weighted by atomic mass is 79.9. The molecule has 2 rings (SSSR count). The van der Waals surface area contributed by atoms with E-state index in [1.54, 1.807) is 43.4 Å². The van der Waals surface area contributed by atoms with Crippen molar-refractivity contribution in [3.63, 3.8) is 0 Å². The first-order valence-electron chi connectivity index (χ1n) is 6.00. The predicted octanol–water partition coefficient (Wildman–Crippen LogP) is 3.06. The van der Waals surface area contributed by atoms with E-state index < -0.39 is 0 Å². The zero-order valence-electron chi connectivity index (χ0n) is 10.8. The first kappa shape index (κ1) is 14.3. The van der Waals surface area contributed by atoms with Crippen molar-refractivity contribution in [2.45, 2.75) is 0 Å². The van der Waals surface area contributed by atoms with Crippen molar-refractivity contribution in [3.8, 4) is 0 Å². The molecule has 0 aliphatic heterocycles. The lowest BCUT2D eigenvalue weighted by molar-refractivity contribution is 0.0962. The Morgan fingerprint density at radius 1 is 0.950 bits per heavy atom. The van der Waals surface area contributed by atoms with Crippen LogP contribution in [-0.2, 0) is 0 Å². The zero-order valence-corrected chi connectivity index (χ0v) is 12.4. The van der Waals surface area contributed by atoms with Gasteiger partial charge in [0.15, 0.2) is 0 Å². The molecule has 0 radical (unpaired) electrons. The third-order valence-electron chi connectivity index (χ3n) is 2.75. The molecule has 5 heteroatoms. The standard InChI is InChI=1S/C15H13BrN2O2/c1-17-14(19)10-6-8-11(9-7-10)18-15(20)12-4-2-3-5-13(12)16/h2-9H,1H3,(H,17,19)(H,18,20). The molecule has 0 saturated heterocycles. The van der Waals surface area contributed by atoms with E-state index in [1.165, 1.54) is 0 Å². The second-order valence-corrected chi connectivity index (χ2v) is 4.94. The van der Waals surface area contributed by atoms with Crippen molar-refractivity contribution in [3.05, 3.63) is 64.1 Å². The van der Waals surface area contributed by atoms with Crippen LogP contribution in [0.25, 0.3) is 0 Å². The summed E-state index contributed by atoms with van der Waals surface area (Å²) >= 11 is 3.34. The van der Waals surface area contributed by atoms with E-state index in [0.717, 1.165) is 4.47 Å². The Morgan fingerprint density at radius 3 is 2.20 bits per heavy atom. The summed E-state index contributed by atoms with van der Waals surface area (Å²) in [6.45, 7) is 0. The van der Waals surface area contributed by atoms with Crippen LogP contribution in [0, 0.1) is 0 Å². The molecule has 4 nitrogen and oxygen atoms in total. The highest BCUT2D eigenvalue weighted by Crippen LogP contribution is 2.18. The number of carbonyl (C=O) groups is 2. The van der Waals surface area contributed by atoms with E-state index in [1.807, 2.05) is 12.1 Å². The number of hydrogen-bond donors (Lipinski definition) is 2. The fourth-order valence-electron chi connectivity index (χ4n) is 1.69. The van der Waals surface area contributed by atoms with Gasteiger partial charge < -0.3 is 10.6 Å². The monoisotopic (exact) mass is 332 g/mol. The number of hydrogen-bond acceptors (Lipinski definition) is 2. The van der Waals surface area contributed by atoms with Gasteiger partial charge in [0.2, 0.25) is 0 Å². The van der Waals surface area contributed by atoms with E-state index in [9.17, 15) is 9.59 Å². The molecule has 0 atom stereocenters. The van der Waals surface area contributed by atoms with Crippen LogP contribution in [0.15, 0.2) is 53.0 Å². The van der Waals surface area contributed by atoms with Crippen LogP contribution in [-0.4, -0.2) is 18.9 Å². The molecule has 0 aromatic heterocycles. The van der Waals surface area contributed by atoms with Crippen molar-refractivity contribution in [1.82, 2.24) is 5.32 Å². The second kappa shape index (κ2) is 6.34. The Labute approximate surface area is 125 Å². The third kappa shape index (κ3) is 3.24. The molecular weight excluding hydrogens is 320 g/mol. The normalized spacial score (nSPS) is 9.90. The van der Waals surface area contributed by atoms with Gasteiger partial charge in [-0.2, -0.15) is 0 Å². The first-order valence-corrected chi connectivity index (χ1v) is 6.79. The Kier molecular flexibility index (Phi) is 4.53. The average molecular weight is 333 g/mol. The van der Waals surface area contributed by atoms with Crippen LogP contribution in [0.3, 0.4) is 0 Å². The van der Waals surface area contributed by atoms with Gasteiger partial charge in [0.1, 0.15) is 0 Å². The van der Waals surface area contributed by atoms with Gasteiger partial charge in [0.25, 0.3) is 11.8 Å². The first-order chi connectivity index (χ1) is 9.61. The van der Waals surface area contributed by atoms with Gasteiger partial charge in [0, 0.05) is 22.8 Å². The molecule has 0 aliphatic rings. The average Bonchev–Trinajstić information content (AvgIpc) is 2.47. The summed E-state index contributed by atoms with van der Waals surface area (Å²) in [5.74, 6) is -0.362. The summed E-state index contributed by atoms with van der Waals surface area (Å²) in [5.41, 5.74) is 1.74. The zero-order chi connectivity index (χ0) is 14.5. The topological polar surface area (TPSA) is 58.2 Å². The van der Waals surface area contributed by atoms with E-state index in [2.05, 4.69) is 26.6 Å². The number of amides is 2. The quantitative estimate of drug-likeness (QED) is 0.907. The summed E-state index contributed by atoms with van der Waals surface area (Å²) in [6, 6.07) is 13.9. The molecule has 0 bridgehead atoms.